The van der Waals surface area contributed by atoms with Crippen molar-refractivity contribution in [3.05, 3.63) is 58.9 Å². The first-order chi connectivity index (χ1) is 11.4. The molecule has 1 unspecified atom stereocenters. The number of hydrogen-bond acceptors (Lipinski definition) is 2. The maximum absolute atomic E-state index is 13.7. The molecule has 2 atom stereocenters. The molecule has 2 aromatic rings. The van der Waals surface area contributed by atoms with Gasteiger partial charge >= 0.3 is 0 Å². The van der Waals surface area contributed by atoms with Gasteiger partial charge in [0.05, 0.1) is 19.8 Å². The minimum absolute atomic E-state index is 0.183. The van der Waals surface area contributed by atoms with Crippen molar-refractivity contribution < 1.29 is 18.8 Å². The van der Waals surface area contributed by atoms with E-state index in [9.17, 15) is 9.18 Å². The molecule has 2 N–H and O–H groups in total. The number of anilines is 1. The fraction of sp³-hybridized carbons (Fsp3) is 0.278. The van der Waals surface area contributed by atoms with Gasteiger partial charge in [-0.05, 0) is 37.3 Å². The third-order valence-electron chi connectivity index (χ3n) is 3.98. The van der Waals surface area contributed by atoms with Crippen LogP contribution >= 0.6 is 11.6 Å². The molecule has 2 aromatic carbocycles. The van der Waals surface area contributed by atoms with Gasteiger partial charge < -0.3 is 15.0 Å². The first-order valence-corrected chi connectivity index (χ1v) is 8.00. The molecule has 0 aliphatic carbocycles. The highest BCUT2D eigenvalue weighted by molar-refractivity contribution is 6.30. The molecule has 0 aromatic heterocycles. The van der Waals surface area contributed by atoms with Crippen LogP contribution in [0, 0.1) is 5.82 Å². The van der Waals surface area contributed by atoms with Gasteiger partial charge in [-0.2, -0.15) is 0 Å². The Hall–Kier alpha value is -2.11. The summed E-state index contributed by atoms with van der Waals surface area (Å²) in [5.74, 6) is 0.0197. The van der Waals surface area contributed by atoms with Crippen LogP contribution in [0.5, 0.6) is 5.75 Å². The second kappa shape index (κ2) is 8.13. The second-order valence-corrected chi connectivity index (χ2v) is 6.11. The Bertz CT molecular complexity index is 724. The fourth-order valence-electron chi connectivity index (χ4n) is 2.37. The summed E-state index contributed by atoms with van der Waals surface area (Å²) in [6.07, 6.45) is 0. The average Bonchev–Trinajstić information content (AvgIpc) is 2.56. The van der Waals surface area contributed by atoms with Crippen LogP contribution in [0.4, 0.5) is 10.1 Å². The van der Waals surface area contributed by atoms with Gasteiger partial charge in [0.15, 0.2) is 6.04 Å². The Morgan fingerprint density at radius 1 is 1.33 bits per heavy atom. The number of likely N-dealkylation sites (N-methyl/N-ethyl adjacent to an activating group) is 1. The third-order valence-corrected chi connectivity index (χ3v) is 4.21. The summed E-state index contributed by atoms with van der Waals surface area (Å²) in [6.45, 7) is 2.35. The molecule has 24 heavy (non-hydrogen) atoms. The highest BCUT2D eigenvalue weighted by Gasteiger charge is 2.24. The van der Waals surface area contributed by atoms with Crippen LogP contribution in [0.2, 0.25) is 5.02 Å². The maximum Gasteiger partial charge on any atom is 0.282 e. The van der Waals surface area contributed by atoms with E-state index in [0.717, 1.165) is 16.2 Å². The van der Waals surface area contributed by atoms with Crippen molar-refractivity contribution in [2.75, 3.05) is 19.5 Å². The van der Waals surface area contributed by atoms with E-state index in [1.807, 2.05) is 13.1 Å². The number of carbonyl (C=O) groups is 1. The highest BCUT2D eigenvalue weighted by atomic mass is 35.5. The SMILES string of the molecule is COc1ccc(Cl)cc1C[NH+](C)[C@@H](C)C(=O)Nc1ccccc1F. The van der Waals surface area contributed by atoms with Crippen LogP contribution in [0.15, 0.2) is 42.5 Å². The number of carbonyl (C=O) groups excluding carboxylic acids is 1. The van der Waals surface area contributed by atoms with E-state index in [1.54, 1.807) is 38.3 Å². The first-order valence-electron chi connectivity index (χ1n) is 7.62. The predicted octanol–water partition coefficient (Wildman–Crippen LogP) is 2.53. The number of ether oxygens (including phenoxy) is 1. The number of halogens is 2. The lowest BCUT2D eigenvalue weighted by Crippen LogP contribution is -3.12. The van der Waals surface area contributed by atoms with Crippen molar-refractivity contribution in [2.45, 2.75) is 19.5 Å². The Labute approximate surface area is 146 Å². The minimum atomic E-state index is -0.452. The third kappa shape index (κ3) is 4.46. The molecule has 0 heterocycles. The zero-order valence-corrected chi connectivity index (χ0v) is 14.7. The van der Waals surface area contributed by atoms with Gasteiger partial charge in [-0.15, -0.1) is 0 Å². The van der Waals surface area contributed by atoms with E-state index >= 15 is 0 Å². The lowest BCUT2D eigenvalue weighted by molar-refractivity contribution is -0.907. The van der Waals surface area contributed by atoms with Crippen molar-refractivity contribution in [1.29, 1.82) is 0 Å². The monoisotopic (exact) mass is 351 g/mol. The van der Waals surface area contributed by atoms with E-state index in [4.69, 9.17) is 16.3 Å². The fourth-order valence-corrected chi connectivity index (χ4v) is 2.56. The van der Waals surface area contributed by atoms with E-state index in [-0.39, 0.29) is 17.6 Å². The largest absolute Gasteiger partial charge is 0.496 e. The number of hydrogen-bond donors (Lipinski definition) is 2. The highest BCUT2D eigenvalue weighted by Crippen LogP contribution is 2.21. The number of para-hydroxylation sites is 1. The van der Waals surface area contributed by atoms with E-state index < -0.39 is 5.82 Å². The van der Waals surface area contributed by atoms with Crippen molar-refractivity contribution in [3.8, 4) is 5.75 Å². The van der Waals surface area contributed by atoms with Crippen molar-refractivity contribution in [3.63, 3.8) is 0 Å². The molecule has 128 valence electrons. The molecule has 6 heteroatoms. The smallest absolute Gasteiger partial charge is 0.282 e. The number of nitrogens with one attached hydrogen (secondary N) is 2. The molecule has 0 aliphatic heterocycles. The van der Waals surface area contributed by atoms with Gasteiger partial charge in [0, 0.05) is 10.6 Å². The summed E-state index contributed by atoms with van der Waals surface area (Å²) >= 11 is 6.04. The molecular formula is C18H21ClFN2O2+. The van der Waals surface area contributed by atoms with Crippen LogP contribution in [0.25, 0.3) is 0 Å². The van der Waals surface area contributed by atoms with E-state index in [2.05, 4.69) is 5.32 Å². The Balaban J connectivity index is 2.06. The molecule has 0 bridgehead atoms. The van der Waals surface area contributed by atoms with Crippen LogP contribution in [-0.4, -0.2) is 26.1 Å². The number of quaternary nitrogens is 1. The Kier molecular flexibility index (Phi) is 6.17. The van der Waals surface area contributed by atoms with Crippen LogP contribution in [0.1, 0.15) is 12.5 Å². The summed E-state index contributed by atoms with van der Waals surface area (Å²) in [5.41, 5.74) is 1.09. The summed E-state index contributed by atoms with van der Waals surface area (Å²) in [5, 5.41) is 3.24. The molecule has 1 amide bonds. The van der Waals surface area contributed by atoms with Gasteiger partial charge in [-0.3, -0.25) is 4.79 Å². The van der Waals surface area contributed by atoms with Gasteiger partial charge in [0.1, 0.15) is 18.1 Å². The molecule has 2 rings (SSSR count). The first kappa shape index (κ1) is 18.2. The zero-order chi connectivity index (χ0) is 17.7. The summed E-state index contributed by atoms with van der Waals surface area (Å²) in [4.78, 5) is 13.3. The van der Waals surface area contributed by atoms with Crippen LogP contribution < -0.4 is 15.0 Å². The predicted molar refractivity (Wildman–Crippen MR) is 93.1 cm³/mol. The molecular weight excluding hydrogens is 331 g/mol. The van der Waals surface area contributed by atoms with Gasteiger partial charge in [0.2, 0.25) is 0 Å². The number of rotatable bonds is 6. The number of benzene rings is 2. The quantitative estimate of drug-likeness (QED) is 0.840. The summed E-state index contributed by atoms with van der Waals surface area (Å²) in [7, 11) is 3.49. The van der Waals surface area contributed by atoms with E-state index in [1.165, 1.54) is 12.1 Å². The molecule has 0 saturated heterocycles. The molecule has 0 radical (unpaired) electrons. The van der Waals surface area contributed by atoms with Gasteiger partial charge in [0.25, 0.3) is 5.91 Å². The summed E-state index contributed by atoms with van der Waals surface area (Å²) in [6, 6.07) is 11.1. The van der Waals surface area contributed by atoms with Crippen molar-refractivity contribution in [1.82, 2.24) is 0 Å². The summed E-state index contributed by atoms with van der Waals surface area (Å²) < 4.78 is 19.0. The van der Waals surface area contributed by atoms with Crippen LogP contribution in [0.3, 0.4) is 0 Å². The lowest BCUT2D eigenvalue weighted by Gasteiger charge is -2.22. The normalized spacial score (nSPS) is 13.2. The Morgan fingerprint density at radius 3 is 2.71 bits per heavy atom. The molecule has 0 saturated carbocycles. The molecule has 0 fully saturated rings. The number of amides is 1. The zero-order valence-electron chi connectivity index (χ0n) is 13.9. The van der Waals surface area contributed by atoms with E-state index in [0.29, 0.717) is 11.6 Å². The lowest BCUT2D eigenvalue weighted by atomic mass is 10.1. The second-order valence-electron chi connectivity index (χ2n) is 5.67. The molecule has 0 aliphatic rings. The molecule has 0 spiro atoms. The topological polar surface area (TPSA) is 42.8 Å². The molecule has 4 nitrogen and oxygen atoms in total. The van der Waals surface area contributed by atoms with Crippen molar-refractivity contribution >= 4 is 23.2 Å². The standard InChI is InChI=1S/C18H20ClFN2O2/c1-12(18(23)21-16-7-5-4-6-15(16)20)22(2)11-13-10-14(19)8-9-17(13)24-3/h4-10,12H,11H2,1-3H3,(H,21,23)/p+1/t12-/m0/s1. The van der Waals surface area contributed by atoms with Gasteiger partial charge in [-0.1, -0.05) is 23.7 Å². The Morgan fingerprint density at radius 2 is 2.04 bits per heavy atom. The average molecular weight is 352 g/mol. The minimum Gasteiger partial charge on any atom is -0.496 e. The van der Waals surface area contributed by atoms with Gasteiger partial charge in [-0.25, -0.2) is 4.39 Å². The van der Waals surface area contributed by atoms with Crippen molar-refractivity contribution in [2.24, 2.45) is 0 Å². The van der Waals surface area contributed by atoms with Crippen LogP contribution in [-0.2, 0) is 11.3 Å². The maximum atomic E-state index is 13.7. The number of methoxy groups -OCH3 is 1.